The summed E-state index contributed by atoms with van der Waals surface area (Å²) in [5.74, 6) is 0. The van der Waals surface area contributed by atoms with Gasteiger partial charge >= 0.3 is 0 Å². The summed E-state index contributed by atoms with van der Waals surface area (Å²) in [7, 11) is -3.59. The quantitative estimate of drug-likeness (QED) is 0.924. The second-order valence-corrected chi connectivity index (χ2v) is 7.31. The van der Waals surface area contributed by atoms with Crippen molar-refractivity contribution in [3.8, 4) is 0 Å². The van der Waals surface area contributed by atoms with E-state index < -0.39 is 10.0 Å². The molecule has 0 fully saturated rings. The van der Waals surface area contributed by atoms with E-state index in [0.29, 0.717) is 5.02 Å². The summed E-state index contributed by atoms with van der Waals surface area (Å²) in [5, 5.41) is 0.400. The molecule has 1 N–H and O–H groups in total. The molecule has 0 saturated heterocycles. The van der Waals surface area contributed by atoms with E-state index >= 15 is 0 Å². The van der Waals surface area contributed by atoms with Crippen LogP contribution in [-0.4, -0.2) is 8.42 Å². The molecule has 5 heteroatoms. The van der Waals surface area contributed by atoms with Crippen molar-refractivity contribution in [3.63, 3.8) is 0 Å². The largest absolute Gasteiger partial charge is 0.241 e. The van der Waals surface area contributed by atoms with Gasteiger partial charge in [-0.25, -0.2) is 13.1 Å². The summed E-state index contributed by atoms with van der Waals surface area (Å²) in [6.45, 7) is 5.80. The Kier molecular flexibility index (Phi) is 4.71. The van der Waals surface area contributed by atoms with Gasteiger partial charge in [-0.15, -0.1) is 0 Å². The van der Waals surface area contributed by atoms with Gasteiger partial charge in [-0.3, -0.25) is 0 Å². The smallest absolute Gasteiger partial charge is 0.207 e. The number of rotatable bonds is 4. The monoisotopic (exact) mass is 323 g/mol. The van der Waals surface area contributed by atoms with Crippen molar-refractivity contribution < 1.29 is 8.42 Å². The van der Waals surface area contributed by atoms with Gasteiger partial charge in [0.15, 0.2) is 0 Å². The van der Waals surface area contributed by atoms with Crippen LogP contribution in [0.5, 0.6) is 0 Å². The zero-order valence-corrected chi connectivity index (χ0v) is 13.8. The Hall–Kier alpha value is -1.36. The lowest BCUT2D eigenvalue weighted by atomic mass is 10.0. The minimum Gasteiger partial charge on any atom is -0.207 e. The Morgan fingerprint density at radius 3 is 2.48 bits per heavy atom. The van der Waals surface area contributed by atoms with Gasteiger partial charge in [0.1, 0.15) is 0 Å². The van der Waals surface area contributed by atoms with Crippen LogP contribution in [-0.2, 0) is 10.0 Å². The first kappa shape index (κ1) is 16.0. The number of halogens is 1. The first-order chi connectivity index (χ1) is 9.79. The molecule has 3 nitrogen and oxygen atoms in total. The zero-order chi connectivity index (χ0) is 15.6. The molecule has 2 rings (SSSR count). The number of hydrogen-bond donors (Lipinski definition) is 1. The zero-order valence-electron chi connectivity index (χ0n) is 12.2. The highest BCUT2D eigenvalue weighted by atomic mass is 35.5. The number of hydrogen-bond acceptors (Lipinski definition) is 2. The minimum atomic E-state index is -3.59. The van der Waals surface area contributed by atoms with Gasteiger partial charge in [0.2, 0.25) is 10.0 Å². The fourth-order valence-electron chi connectivity index (χ4n) is 2.22. The Morgan fingerprint density at radius 1 is 1.10 bits per heavy atom. The maximum Gasteiger partial charge on any atom is 0.241 e. The predicted octanol–water partition coefficient (Wildman–Crippen LogP) is 4.00. The summed E-state index contributed by atoms with van der Waals surface area (Å²) in [6.07, 6.45) is 0. The Bertz CT molecular complexity index is 757. The van der Waals surface area contributed by atoms with Crippen LogP contribution in [0.3, 0.4) is 0 Å². The van der Waals surface area contributed by atoms with Crippen molar-refractivity contribution in [3.05, 3.63) is 64.2 Å². The van der Waals surface area contributed by atoms with Crippen LogP contribution in [0.2, 0.25) is 5.02 Å². The summed E-state index contributed by atoms with van der Waals surface area (Å²) in [4.78, 5) is 0.173. The van der Waals surface area contributed by atoms with Gasteiger partial charge in [-0.05, 0) is 50.1 Å². The fourth-order valence-corrected chi connectivity index (χ4v) is 3.75. The maximum atomic E-state index is 12.4. The Labute approximate surface area is 131 Å². The second-order valence-electron chi connectivity index (χ2n) is 5.16. The topological polar surface area (TPSA) is 46.2 Å². The molecule has 0 aromatic heterocycles. The molecule has 0 saturated carbocycles. The summed E-state index contributed by atoms with van der Waals surface area (Å²) in [5.41, 5.74) is 3.13. The van der Waals surface area contributed by atoms with E-state index in [2.05, 4.69) is 4.72 Å². The average molecular weight is 324 g/mol. The molecule has 0 amide bonds. The molecule has 0 radical (unpaired) electrons. The molecule has 1 atom stereocenters. The van der Waals surface area contributed by atoms with E-state index in [0.717, 1.165) is 16.7 Å². The van der Waals surface area contributed by atoms with Gasteiger partial charge in [-0.2, -0.15) is 0 Å². The highest BCUT2D eigenvalue weighted by Gasteiger charge is 2.19. The molecule has 0 heterocycles. The van der Waals surface area contributed by atoms with Crippen molar-refractivity contribution >= 4 is 21.6 Å². The van der Waals surface area contributed by atoms with E-state index in [1.54, 1.807) is 12.1 Å². The molecule has 0 bridgehead atoms. The van der Waals surface area contributed by atoms with E-state index in [1.807, 2.05) is 39.0 Å². The SMILES string of the molecule is Cc1ccc(C)c(C(C)NS(=O)(=O)c2cccc(Cl)c2)c1. The third-order valence-electron chi connectivity index (χ3n) is 3.34. The molecular weight excluding hydrogens is 306 g/mol. The third kappa shape index (κ3) is 3.84. The van der Waals surface area contributed by atoms with Gasteiger partial charge in [0.25, 0.3) is 0 Å². The lowest BCUT2D eigenvalue weighted by molar-refractivity contribution is 0.566. The molecule has 0 spiro atoms. The van der Waals surface area contributed by atoms with E-state index in [1.165, 1.54) is 12.1 Å². The lowest BCUT2D eigenvalue weighted by Crippen LogP contribution is -2.27. The Balaban J connectivity index is 2.30. The van der Waals surface area contributed by atoms with Crippen LogP contribution in [0.1, 0.15) is 29.7 Å². The van der Waals surface area contributed by atoms with Crippen molar-refractivity contribution in [2.45, 2.75) is 31.7 Å². The first-order valence-corrected chi connectivity index (χ1v) is 8.51. The normalized spacial score (nSPS) is 13.1. The lowest BCUT2D eigenvalue weighted by Gasteiger charge is -2.17. The standard InChI is InChI=1S/C16H18ClNO2S/c1-11-7-8-12(2)16(9-11)13(3)18-21(19,20)15-6-4-5-14(17)10-15/h4-10,13,18H,1-3H3. The summed E-state index contributed by atoms with van der Waals surface area (Å²) < 4.78 is 27.5. The van der Waals surface area contributed by atoms with Crippen molar-refractivity contribution in [2.24, 2.45) is 0 Å². The average Bonchev–Trinajstić information content (AvgIpc) is 2.41. The van der Waals surface area contributed by atoms with Crippen LogP contribution in [0.25, 0.3) is 0 Å². The number of aryl methyl sites for hydroxylation is 2. The van der Waals surface area contributed by atoms with Gasteiger partial charge in [0, 0.05) is 11.1 Å². The van der Waals surface area contributed by atoms with Crippen molar-refractivity contribution in [1.29, 1.82) is 0 Å². The fraction of sp³-hybridized carbons (Fsp3) is 0.250. The first-order valence-electron chi connectivity index (χ1n) is 6.64. The number of benzene rings is 2. The van der Waals surface area contributed by atoms with Gasteiger partial charge < -0.3 is 0 Å². The van der Waals surface area contributed by atoms with Crippen molar-refractivity contribution in [2.75, 3.05) is 0 Å². The van der Waals surface area contributed by atoms with E-state index in [4.69, 9.17) is 11.6 Å². The number of sulfonamides is 1. The molecular formula is C16H18ClNO2S. The Morgan fingerprint density at radius 2 is 1.81 bits per heavy atom. The summed E-state index contributed by atoms with van der Waals surface area (Å²) >= 11 is 5.86. The minimum absolute atomic E-state index is 0.173. The van der Waals surface area contributed by atoms with Crippen molar-refractivity contribution in [1.82, 2.24) is 4.72 Å². The molecule has 2 aromatic rings. The van der Waals surface area contributed by atoms with Crippen LogP contribution in [0.4, 0.5) is 0 Å². The molecule has 2 aromatic carbocycles. The van der Waals surface area contributed by atoms with Gasteiger partial charge in [0.05, 0.1) is 4.90 Å². The predicted molar refractivity (Wildman–Crippen MR) is 86.1 cm³/mol. The maximum absolute atomic E-state index is 12.4. The third-order valence-corrected chi connectivity index (χ3v) is 5.11. The molecule has 21 heavy (non-hydrogen) atoms. The van der Waals surface area contributed by atoms with Crippen LogP contribution in [0, 0.1) is 13.8 Å². The van der Waals surface area contributed by atoms with Crippen LogP contribution in [0.15, 0.2) is 47.4 Å². The van der Waals surface area contributed by atoms with Crippen LogP contribution < -0.4 is 4.72 Å². The molecule has 112 valence electrons. The molecule has 0 aliphatic heterocycles. The molecule has 0 aliphatic rings. The molecule has 0 aliphatic carbocycles. The molecule has 1 unspecified atom stereocenters. The highest BCUT2D eigenvalue weighted by Crippen LogP contribution is 2.22. The van der Waals surface area contributed by atoms with E-state index in [-0.39, 0.29) is 10.9 Å². The van der Waals surface area contributed by atoms with Gasteiger partial charge in [-0.1, -0.05) is 41.4 Å². The summed E-state index contributed by atoms with van der Waals surface area (Å²) in [6, 6.07) is 11.9. The second kappa shape index (κ2) is 6.18. The highest BCUT2D eigenvalue weighted by molar-refractivity contribution is 7.89. The number of nitrogens with one attached hydrogen (secondary N) is 1. The van der Waals surface area contributed by atoms with Crippen LogP contribution >= 0.6 is 11.6 Å². The van der Waals surface area contributed by atoms with E-state index in [9.17, 15) is 8.42 Å².